The zero-order valence-corrected chi connectivity index (χ0v) is 17.9. The molecular formula is C21H18ClN3O5S. The summed E-state index contributed by atoms with van der Waals surface area (Å²) in [5.41, 5.74) is 0.891. The van der Waals surface area contributed by atoms with Crippen molar-refractivity contribution in [3.63, 3.8) is 0 Å². The predicted molar refractivity (Wildman–Crippen MR) is 119 cm³/mol. The van der Waals surface area contributed by atoms with Crippen molar-refractivity contribution in [1.82, 2.24) is 0 Å². The minimum absolute atomic E-state index is 0.0179. The molecule has 0 aliphatic carbocycles. The van der Waals surface area contributed by atoms with E-state index in [1.54, 1.807) is 25.1 Å². The summed E-state index contributed by atoms with van der Waals surface area (Å²) in [5, 5.41) is 14.0. The fourth-order valence-corrected chi connectivity index (χ4v) is 4.39. The second-order valence-corrected chi connectivity index (χ2v) is 8.90. The highest BCUT2D eigenvalue weighted by Gasteiger charge is 2.27. The number of amides is 1. The molecule has 0 unspecified atom stereocenters. The lowest BCUT2D eigenvalue weighted by Crippen LogP contribution is -2.38. The van der Waals surface area contributed by atoms with E-state index in [1.165, 1.54) is 54.6 Å². The van der Waals surface area contributed by atoms with Gasteiger partial charge in [0, 0.05) is 17.2 Å². The molecule has 0 spiro atoms. The Morgan fingerprint density at radius 1 is 1.06 bits per heavy atom. The van der Waals surface area contributed by atoms with Crippen molar-refractivity contribution in [3.8, 4) is 0 Å². The molecule has 0 fully saturated rings. The summed E-state index contributed by atoms with van der Waals surface area (Å²) < 4.78 is 27.4. The number of nitro groups is 1. The molecule has 1 N–H and O–H groups in total. The van der Waals surface area contributed by atoms with Crippen LogP contribution in [0, 0.1) is 17.0 Å². The molecule has 0 atom stereocenters. The molecule has 0 bridgehead atoms. The molecule has 31 heavy (non-hydrogen) atoms. The van der Waals surface area contributed by atoms with Gasteiger partial charge in [0.1, 0.15) is 6.54 Å². The Labute approximate surface area is 184 Å². The molecule has 0 heterocycles. The molecule has 0 aliphatic rings. The van der Waals surface area contributed by atoms with Crippen LogP contribution in [-0.4, -0.2) is 25.8 Å². The number of halogens is 1. The molecule has 160 valence electrons. The maximum atomic E-state index is 13.2. The van der Waals surface area contributed by atoms with Crippen molar-refractivity contribution in [2.45, 2.75) is 11.8 Å². The van der Waals surface area contributed by atoms with E-state index in [1.807, 2.05) is 0 Å². The zero-order valence-electron chi connectivity index (χ0n) is 16.4. The van der Waals surface area contributed by atoms with Crippen molar-refractivity contribution in [1.29, 1.82) is 0 Å². The van der Waals surface area contributed by atoms with Crippen LogP contribution in [0.2, 0.25) is 5.02 Å². The molecule has 8 nitrogen and oxygen atoms in total. The van der Waals surface area contributed by atoms with E-state index in [0.29, 0.717) is 10.6 Å². The summed E-state index contributed by atoms with van der Waals surface area (Å²) in [5.74, 6) is -0.655. The van der Waals surface area contributed by atoms with Crippen molar-refractivity contribution in [2.75, 3.05) is 16.2 Å². The average molecular weight is 460 g/mol. The molecule has 0 aliphatic heterocycles. The summed E-state index contributed by atoms with van der Waals surface area (Å²) in [6.07, 6.45) is 0. The topological polar surface area (TPSA) is 110 Å². The fraction of sp³-hybridized carbons (Fsp3) is 0.0952. The number of nitro benzene ring substituents is 1. The number of anilines is 2. The predicted octanol–water partition coefficient (Wildman–Crippen LogP) is 4.39. The summed E-state index contributed by atoms with van der Waals surface area (Å²) in [6, 6.07) is 17.8. The van der Waals surface area contributed by atoms with E-state index in [2.05, 4.69) is 5.32 Å². The molecule has 0 aromatic heterocycles. The number of aryl methyl sites for hydroxylation is 1. The van der Waals surface area contributed by atoms with Gasteiger partial charge in [0.2, 0.25) is 5.91 Å². The van der Waals surface area contributed by atoms with Gasteiger partial charge in [-0.15, -0.1) is 0 Å². The zero-order chi connectivity index (χ0) is 22.6. The standard InChI is InChI=1S/C21H18ClN3O5S/c1-15-7-10-18(25(27)28)13-20(15)23-21(26)14-24(17-11-8-16(22)9-12-17)31(29,30)19-5-3-2-4-6-19/h2-13H,14H2,1H3,(H,23,26). The van der Waals surface area contributed by atoms with Gasteiger partial charge in [-0.2, -0.15) is 0 Å². The number of sulfonamides is 1. The summed E-state index contributed by atoms with van der Waals surface area (Å²) >= 11 is 5.92. The molecular weight excluding hydrogens is 442 g/mol. The Hall–Kier alpha value is -3.43. The molecule has 3 aromatic carbocycles. The fourth-order valence-electron chi connectivity index (χ4n) is 2.82. The van der Waals surface area contributed by atoms with E-state index in [4.69, 9.17) is 11.6 Å². The number of non-ortho nitro benzene ring substituents is 1. The second-order valence-electron chi connectivity index (χ2n) is 6.61. The third-order valence-electron chi connectivity index (χ3n) is 4.44. The number of hydrogen-bond acceptors (Lipinski definition) is 5. The molecule has 3 rings (SSSR count). The third-order valence-corrected chi connectivity index (χ3v) is 6.48. The van der Waals surface area contributed by atoms with Gasteiger partial charge in [0.25, 0.3) is 15.7 Å². The van der Waals surface area contributed by atoms with E-state index in [-0.39, 0.29) is 22.0 Å². The van der Waals surface area contributed by atoms with E-state index >= 15 is 0 Å². The van der Waals surface area contributed by atoms with Crippen LogP contribution in [0.15, 0.2) is 77.7 Å². The van der Waals surface area contributed by atoms with Crippen molar-refractivity contribution in [2.24, 2.45) is 0 Å². The van der Waals surface area contributed by atoms with Crippen molar-refractivity contribution in [3.05, 3.63) is 93.5 Å². The van der Waals surface area contributed by atoms with Gasteiger partial charge in [-0.1, -0.05) is 35.9 Å². The Morgan fingerprint density at radius 3 is 2.32 bits per heavy atom. The first kappa shape index (κ1) is 22.3. The number of carbonyl (C=O) groups is 1. The van der Waals surface area contributed by atoms with Crippen LogP contribution < -0.4 is 9.62 Å². The van der Waals surface area contributed by atoms with Gasteiger partial charge in [0.15, 0.2) is 0 Å². The van der Waals surface area contributed by atoms with Gasteiger partial charge in [-0.3, -0.25) is 19.2 Å². The highest BCUT2D eigenvalue weighted by atomic mass is 35.5. The first-order chi connectivity index (χ1) is 14.7. The number of nitrogens with one attached hydrogen (secondary N) is 1. The first-order valence-corrected chi connectivity index (χ1v) is 10.9. The largest absolute Gasteiger partial charge is 0.324 e. The van der Waals surface area contributed by atoms with Crippen molar-refractivity contribution >= 4 is 44.6 Å². The van der Waals surface area contributed by atoms with E-state index in [0.717, 1.165) is 4.31 Å². The van der Waals surface area contributed by atoms with Crippen molar-refractivity contribution < 1.29 is 18.1 Å². The minimum Gasteiger partial charge on any atom is -0.324 e. The molecule has 0 saturated heterocycles. The molecule has 0 radical (unpaired) electrons. The lowest BCUT2D eigenvalue weighted by Gasteiger charge is -2.24. The molecule has 3 aromatic rings. The van der Waals surface area contributed by atoms with Gasteiger partial charge < -0.3 is 5.32 Å². The van der Waals surface area contributed by atoms with Crippen LogP contribution in [-0.2, 0) is 14.8 Å². The number of hydrogen-bond donors (Lipinski definition) is 1. The maximum Gasteiger partial charge on any atom is 0.271 e. The normalized spacial score (nSPS) is 11.0. The number of nitrogens with zero attached hydrogens (tertiary/aromatic N) is 2. The molecule has 1 amide bonds. The van der Waals surface area contributed by atoms with Crippen LogP contribution in [0.5, 0.6) is 0 Å². The van der Waals surface area contributed by atoms with Crippen LogP contribution in [0.3, 0.4) is 0 Å². The molecule has 10 heteroatoms. The molecule has 0 saturated carbocycles. The van der Waals surface area contributed by atoms with Crippen LogP contribution in [0.25, 0.3) is 0 Å². The van der Waals surface area contributed by atoms with Crippen LogP contribution >= 0.6 is 11.6 Å². The maximum absolute atomic E-state index is 13.2. The number of rotatable bonds is 7. The summed E-state index contributed by atoms with van der Waals surface area (Å²) in [6.45, 7) is 1.14. The van der Waals surface area contributed by atoms with Crippen LogP contribution in [0.4, 0.5) is 17.1 Å². The SMILES string of the molecule is Cc1ccc([N+](=O)[O-])cc1NC(=O)CN(c1ccc(Cl)cc1)S(=O)(=O)c1ccccc1. The lowest BCUT2D eigenvalue weighted by atomic mass is 10.2. The van der Waals surface area contributed by atoms with Crippen LogP contribution in [0.1, 0.15) is 5.56 Å². The Balaban J connectivity index is 1.94. The van der Waals surface area contributed by atoms with E-state index in [9.17, 15) is 23.3 Å². The Kier molecular flexibility index (Phi) is 6.57. The number of carbonyl (C=O) groups excluding carboxylic acids is 1. The summed E-state index contributed by atoms with van der Waals surface area (Å²) in [7, 11) is -4.06. The highest BCUT2D eigenvalue weighted by molar-refractivity contribution is 7.92. The van der Waals surface area contributed by atoms with Gasteiger partial charge in [-0.05, 0) is 48.9 Å². The third kappa shape index (κ3) is 5.19. The van der Waals surface area contributed by atoms with Gasteiger partial charge in [-0.25, -0.2) is 8.42 Å². The van der Waals surface area contributed by atoms with Gasteiger partial charge >= 0.3 is 0 Å². The van der Waals surface area contributed by atoms with E-state index < -0.39 is 27.4 Å². The minimum atomic E-state index is -4.06. The Morgan fingerprint density at radius 2 is 1.71 bits per heavy atom. The summed E-state index contributed by atoms with van der Waals surface area (Å²) in [4.78, 5) is 23.2. The Bertz CT molecular complexity index is 1220. The quantitative estimate of drug-likeness (QED) is 0.416. The lowest BCUT2D eigenvalue weighted by molar-refractivity contribution is -0.384. The highest BCUT2D eigenvalue weighted by Crippen LogP contribution is 2.26. The average Bonchev–Trinajstić information content (AvgIpc) is 2.74. The monoisotopic (exact) mass is 459 g/mol. The second kappa shape index (κ2) is 9.15. The first-order valence-electron chi connectivity index (χ1n) is 9.07. The van der Waals surface area contributed by atoms with Gasteiger partial charge in [0.05, 0.1) is 21.2 Å². The number of benzene rings is 3. The smallest absolute Gasteiger partial charge is 0.271 e.